The third kappa shape index (κ3) is 3.51. The molecule has 0 amide bonds. The van der Waals surface area contributed by atoms with Gasteiger partial charge in [0.05, 0.1) is 32.1 Å². The highest BCUT2D eigenvalue weighted by Crippen LogP contribution is 2.13. The van der Waals surface area contributed by atoms with Crippen molar-refractivity contribution in [3.8, 4) is 0 Å². The van der Waals surface area contributed by atoms with Gasteiger partial charge in [0, 0.05) is 19.5 Å². The Balaban J connectivity index is 2.06. The standard InChI is InChI=1S/C12H15N5O3/c1-19-6-5-17-8-9(7-14-17)15-10-3-4-13-11(16-10)12(18)20-2/h3-4,7-8H,5-6H2,1-2H3,(H,13,15,16). The van der Waals surface area contributed by atoms with Gasteiger partial charge >= 0.3 is 5.97 Å². The normalized spacial score (nSPS) is 10.3. The average molecular weight is 277 g/mol. The Morgan fingerprint density at radius 2 is 2.30 bits per heavy atom. The number of ether oxygens (including phenoxy) is 2. The molecule has 2 rings (SSSR count). The average Bonchev–Trinajstić information content (AvgIpc) is 2.92. The van der Waals surface area contributed by atoms with Crippen LogP contribution in [0.3, 0.4) is 0 Å². The molecule has 2 heterocycles. The second-order valence-corrected chi connectivity index (χ2v) is 3.87. The fourth-order valence-electron chi connectivity index (χ4n) is 1.50. The molecular weight excluding hydrogens is 262 g/mol. The zero-order chi connectivity index (χ0) is 14.4. The minimum Gasteiger partial charge on any atom is -0.463 e. The van der Waals surface area contributed by atoms with Crippen molar-refractivity contribution in [1.82, 2.24) is 19.7 Å². The second kappa shape index (κ2) is 6.62. The van der Waals surface area contributed by atoms with Crippen molar-refractivity contribution in [3.63, 3.8) is 0 Å². The SMILES string of the molecule is COCCn1cc(Nc2ccnc(C(=O)OC)n2)cn1. The van der Waals surface area contributed by atoms with Crippen molar-refractivity contribution in [2.75, 3.05) is 26.1 Å². The molecule has 0 bridgehead atoms. The molecule has 0 saturated carbocycles. The van der Waals surface area contributed by atoms with Gasteiger partial charge in [0.1, 0.15) is 5.82 Å². The Hall–Kier alpha value is -2.48. The first-order valence-electron chi connectivity index (χ1n) is 5.92. The second-order valence-electron chi connectivity index (χ2n) is 3.87. The van der Waals surface area contributed by atoms with E-state index < -0.39 is 5.97 Å². The lowest BCUT2D eigenvalue weighted by molar-refractivity contribution is 0.0587. The molecule has 0 unspecified atom stereocenters. The topological polar surface area (TPSA) is 91.2 Å². The molecule has 0 aromatic carbocycles. The van der Waals surface area contributed by atoms with Crippen LogP contribution in [-0.4, -0.2) is 46.5 Å². The molecule has 0 aliphatic rings. The van der Waals surface area contributed by atoms with Crippen molar-refractivity contribution in [3.05, 3.63) is 30.5 Å². The van der Waals surface area contributed by atoms with Crippen LogP contribution in [0.2, 0.25) is 0 Å². The van der Waals surface area contributed by atoms with E-state index in [9.17, 15) is 4.79 Å². The zero-order valence-corrected chi connectivity index (χ0v) is 11.2. The molecule has 0 spiro atoms. The van der Waals surface area contributed by atoms with Gasteiger partial charge in [0.2, 0.25) is 5.82 Å². The molecule has 0 radical (unpaired) electrons. The van der Waals surface area contributed by atoms with Gasteiger partial charge in [0.15, 0.2) is 0 Å². The van der Waals surface area contributed by atoms with Crippen LogP contribution in [-0.2, 0) is 16.0 Å². The third-order valence-electron chi connectivity index (χ3n) is 2.45. The lowest BCUT2D eigenvalue weighted by Crippen LogP contribution is -2.08. The monoisotopic (exact) mass is 277 g/mol. The van der Waals surface area contributed by atoms with Crippen molar-refractivity contribution in [2.24, 2.45) is 0 Å². The van der Waals surface area contributed by atoms with Crippen molar-refractivity contribution in [2.45, 2.75) is 6.54 Å². The van der Waals surface area contributed by atoms with Crippen LogP contribution < -0.4 is 5.32 Å². The summed E-state index contributed by atoms with van der Waals surface area (Å²) < 4.78 is 11.3. The van der Waals surface area contributed by atoms with Crippen LogP contribution >= 0.6 is 0 Å². The summed E-state index contributed by atoms with van der Waals surface area (Å²) in [6.07, 6.45) is 4.96. The quantitative estimate of drug-likeness (QED) is 0.782. The summed E-state index contributed by atoms with van der Waals surface area (Å²) in [7, 11) is 2.92. The molecule has 8 nitrogen and oxygen atoms in total. The minimum atomic E-state index is -0.579. The Kier molecular flexibility index (Phi) is 4.61. The number of nitrogens with zero attached hydrogens (tertiary/aromatic N) is 4. The number of esters is 1. The van der Waals surface area contributed by atoms with E-state index >= 15 is 0 Å². The van der Waals surface area contributed by atoms with E-state index in [2.05, 4.69) is 25.1 Å². The Bertz CT molecular complexity index is 584. The molecule has 8 heteroatoms. The molecule has 20 heavy (non-hydrogen) atoms. The maximum atomic E-state index is 11.3. The Morgan fingerprint density at radius 3 is 3.05 bits per heavy atom. The lowest BCUT2D eigenvalue weighted by Gasteiger charge is -2.03. The zero-order valence-electron chi connectivity index (χ0n) is 11.2. The Morgan fingerprint density at radius 1 is 1.45 bits per heavy atom. The van der Waals surface area contributed by atoms with Gasteiger partial charge in [0.25, 0.3) is 0 Å². The predicted molar refractivity (Wildman–Crippen MR) is 70.8 cm³/mol. The number of carbonyl (C=O) groups excluding carboxylic acids is 1. The summed E-state index contributed by atoms with van der Waals surface area (Å²) in [5.74, 6) is -0.0830. The lowest BCUT2D eigenvalue weighted by atomic mass is 10.5. The minimum absolute atomic E-state index is 0.00396. The summed E-state index contributed by atoms with van der Waals surface area (Å²) in [5.41, 5.74) is 0.760. The maximum absolute atomic E-state index is 11.3. The number of methoxy groups -OCH3 is 2. The van der Waals surface area contributed by atoms with Gasteiger partial charge in [-0.25, -0.2) is 14.8 Å². The van der Waals surface area contributed by atoms with Crippen LogP contribution in [0.4, 0.5) is 11.5 Å². The van der Waals surface area contributed by atoms with Gasteiger partial charge in [-0.3, -0.25) is 4.68 Å². The molecule has 2 aromatic heterocycles. The summed E-state index contributed by atoms with van der Waals surface area (Å²) in [6.45, 7) is 1.25. The van der Waals surface area contributed by atoms with Gasteiger partial charge in [-0.15, -0.1) is 0 Å². The summed E-state index contributed by atoms with van der Waals surface area (Å²) in [4.78, 5) is 19.2. The van der Waals surface area contributed by atoms with Crippen LogP contribution in [0, 0.1) is 0 Å². The number of carbonyl (C=O) groups is 1. The summed E-state index contributed by atoms with van der Waals surface area (Å²) in [6, 6.07) is 1.65. The molecule has 1 N–H and O–H groups in total. The van der Waals surface area contributed by atoms with E-state index in [0.29, 0.717) is 19.0 Å². The van der Waals surface area contributed by atoms with Gasteiger partial charge in [-0.2, -0.15) is 5.10 Å². The van der Waals surface area contributed by atoms with Crippen LogP contribution in [0.5, 0.6) is 0 Å². The number of hydrogen-bond acceptors (Lipinski definition) is 7. The number of anilines is 2. The van der Waals surface area contributed by atoms with Crippen LogP contribution in [0.15, 0.2) is 24.7 Å². The first kappa shape index (κ1) is 13.9. The molecule has 0 fully saturated rings. The van der Waals surface area contributed by atoms with Crippen LogP contribution in [0.1, 0.15) is 10.6 Å². The Labute approximate surface area is 115 Å². The first-order valence-corrected chi connectivity index (χ1v) is 5.92. The molecule has 0 aliphatic carbocycles. The van der Waals surface area contributed by atoms with E-state index in [1.165, 1.54) is 13.3 Å². The van der Waals surface area contributed by atoms with Crippen LogP contribution in [0.25, 0.3) is 0 Å². The fourth-order valence-corrected chi connectivity index (χ4v) is 1.50. The molecule has 2 aromatic rings. The van der Waals surface area contributed by atoms with Gasteiger partial charge in [-0.1, -0.05) is 0 Å². The predicted octanol–water partition coefficient (Wildman–Crippen LogP) is 0.850. The molecular formula is C12H15N5O3. The summed E-state index contributed by atoms with van der Waals surface area (Å²) >= 11 is 0. The highest BCUT2D eigenvalue weighted by Gasteiger charge is 2.09. The fraction of sp³-hybridized carbons (Fsp3) is 0.333. The largest absolute Gasteiger partial charge is 0.463 e. The number of nitrogens with one attached hydrogen (secondary N) is 1. The van der Waals surface area contributed by atoms with Crippen molar-refractivity contribution < 1.29 is 14.3 Å². The van der Waals surface area contributed by atoms with Crippen molar-refractivity contribution in [1.29, 1.82) is 0 Å². The van der Waals surface area contributed by atoms with E-state index in [1.807, 2.05) is 6.20 Å². The maximum Gasteiger partial charge on any atom is 0.376 e. The molecule has 0 aliphatic heterocycles. The molecule has 0 saturated heterocycles. The van der Waals surface area contributed by atoms with E-state index in [1.54, 1.807) is 24.1 Å². The smallest absolute Gasteiger partial charge is 0.376 e. The molecule has 0 atom stereocenters. The van der Waals surface area contributed by atoms with E-state index in [-0.39, 0.29) is 5.82 Å². The number of aromatic nitrogens is 4. The summed E-state index contributed by atoms with van der Waals surface area (Å²) in [5, 5.41) is 7.20. The highest BCUT2D eigenvalue weighted by molar-refractivity contribution is 5.85. The van der Waals surface area contributed by atoms with E-state index in [4.69, 9.17) is 4.74 Å². The molecule has 106 valence electrons. The number of rotatable bonds is 6. The van der Waals surface area contributed by atoms with E-state index in [0.717, 1.165) is 5.69 Å². The van der Waals surface area contributed by atoms with Crippen molar-refractivity contribution >= 4 is 17.5 Å². The third-order valence-corrected chi connectivity index (χ3v) is 2.45. The van der Waals surface area contributed by atoms with Gasteiger partial charge in [-0.05, 0) is 6.07 Å². The highest BCUT2D eigenvalue weighted by atomic mass is 16.5. The van der Waals surface area contributed by atoms with Gasteiger partial charge < -0.3 is 14.8 Å². The first-order chi connectivity index (χ1) is 9.72. The number of hydrogen-bond donors (Lipinski definition) is 1.